The van der Waals surface area contributed by atoms with Crippen LogP contribution < -0.4 is 11.1 Å². The molecule has 0 aliphatic carbocycles. The highest BCUT2D eigenvalue weighted by Crippen LogP contribution is 2.19. The first kappa shape index (κ1) is 15.1. The van der Waals surface area contributed by atoms with E-state index in [-0.39, 0.29) is 5.91 Å². The predicted octanol–water partition coefficient (Wildman–Crippen LogP) is 1.37. The normalized spacial score (nSPS) is 16.1. The molecule has 1 aliphatic rings. The second kappa shape index (κ2) is 7.47. The van der Waals surface area contributed by atoms with Crippen molar-refractivity contribution in [3.63, 3.8) is 0 Å². The summed E-state index contributed by atoms with van der Waals surface area (Å²) >= 11 is 5.83. The number of benzene rings is 1. The average molecular weight is 298 g/mol. The SMILES string of the molecule is Nc1cc(C(=O)NCCCN2CCOCC2)ccc1Cl. The van der Waals surface area contributed by atoms with Gasteiger partial charge in [0.2, 0.25) is 0 Å². The topological polar surface area (TPSA) is 67.6 Å². The van der Waals surface area contributed by atoms with E-state index in [4.69, 9.17) is 22.1 Å². The van der Waals surface area contributed by atoms with Crippen molar-refractivity contribution in [2.75, 3.05) is 45.1 Å². The van der Waals surface area contributed by atoms with E-state index in [9.17, 15) is 4.79 Å². The summed E-state index contributed by atoms with van der Waals surface area (Å²) in [5, 5.41) is 3.36. The number of carbonyl (C=O) groups excluding carboxylic acids is 1. The van der Waals surface area contributed by atoms with Crippen LogP contribution in [0.5, 0.6) is 0 Å². The van der Waals surface area contributed by atoms with Crippen molar-refractivity contribution in [3.05, 3.63) is 28.8 Å². The van der Waals surface area contributed by atoms with Crippen LogP contribution in [0.4, 0.5) is 5.69 Å². The molecule has 6 heteroatoms. The Hall–Kier alpha value is -1.30. The Labute approximate surface area is 124 Å². The summed E-state index contributed by atoms with van der Waals surface area (Å²) < 4.78 is 5.29. The van der Waals surface area contributed by atoms with E-state index in [0.717, 1.165) is 39.3 Å². The van der Waals surface area contributed by atoms with Gasteiger partial charge in [-0.1, -0.05) is 11.6 Å². The molecular formula is C14H20ClN3O2. The van der Waals surface area contributed by atoms with Crippen LogP contribution in [0.1, 0.15) is 16.8 Å². The minimum atomic E-state index is -0.115. The Bertz CT molecular complexity index is 462. The molecule has 5 nitrogen and oxygen atoms in total. The number of nitrogen functional groups attached to an aromatic ring is 1. The minimum absolute atomic E-state index is 0.115. The van der Waals surface area contributed by atoms with Gasteiger partial charge in [0.25, 0.3) is 5.91 Å². The first-order valence-corrected chi connectivity index (χ1v) is 7.18. The number of carbonyl (C=O) groups is 1. The van der Waals surface area contributed by atoms with Gasteiger partial charge in [-0.3, -0.25) is 9.69 Å². The number of amides is 1. The number of hydrogen-bond acceptors (Lipinski definition) is 4. The summed E-state index contributed by atoms with van der Waals surface area (Å²) in [6.45, 7) is 5.18. The predicted molar refractivity (Wildman–Crippen MR) is 80.1 cm³/mol. The molecule has 1 saturated heterocycles. The minimum Gasteiger partial charge on any atom is -0.398 e. The standard InChI is InChI=1S/C14H20ClN3O2/c15-12-3-2-11(10-13(12)16)14(19)17-4-1-5-18-6-8-20-9-7-18/h2-3,10H,1,4-9,16H2,(H,17,19). The molecule has 1 aromatic rings. The molecule has 20 heavy (non-hydrogen) atoms. The monoisotopic (exact) mass is 297 g/mol. The molecule has 110 valence electrons. The van der Waals surface area contributed by atoms with E-state index in [1.54, 1.807) is 18.2 Å². The number of nitrogens with one attached hydrogen (secondary N) is 1. The molecule has 0 radical (unpaired) electrons. The Kier molecular flexibility index (Phi) is 5.64. The lowest BCUT2D eigenvalue weighted by Gasteiger charge is -2.26. The molecule has 1 amide bonds. The van der Waals surface area contributed by atoms with E-state index in [1.807, 2.05) is 0 Å². The van der Waals surface area contributed by atoms with Crippen molar-refractivity contribution < 1.29 is 9.53 Å². The fraction of sp³-hybridized carbons (Fsp3) is 0.500. The number of rotatable bonds is 5. The third kappa shape index (κ3) is 4.37. The maximum Gasteiger partial charge on any atom is 0.251 e. The average Bonchev–Trinajstić information content (AvgIpc) is 2.47. The number of ether oxygens (including phenoxy) is 1. The molecule has 1 fully saturated rings. The molecule has 1 aliphatic heterocycles. The lowest BCUT2D eigenvalue weighted by Crippen LogP contribution is -2.38. The zero-order valence-electron chi connectivity index (χ0n) is 11.4. The van der Waals surface area contributed by atoms with E-state index >= 15 is 0 Å². The van der Waals surface area contributed by atoms with E-state index in [0.29, 0.717) is 22.8 Å². The molecule has 1 heterocycles. The Morgan fingerprint density at radius 3 is 2.85 bits per heavy atom. The fourth-order valence-corrected chi connectivity index (χ4v) is 2.23. The van der Waals surface area contributed by atoms with Gasteiger partial charge in [0.05, 0.1) is 23.9 Å². The number of hydrogen-bond donors (Lipinski definition) is 2. The summed E-state index contributed by atoms with van der Waals surface area (Å²) in [5.74, 6) is -0.115. The van der Waals surface area contributed by atoms with Crippen LogP contribution in [-0.4, -0.2) is 50.2 Å². The smallest absolute Gasteiger partial charge is 0.251 e. The van der Waals surface area contributed by atoms with Crippen molar-refractivity contribution in [1.29, 1.82) is 0 Å². The molecule has 3 N–H and O–H groups in total. The summed E-state index contributed by atoms with van der Waals surface area (Å²) in [6.07, 6.45) is 0.925. The van der Waals surface area contributed by atoms with Crippen molar-refractivity contribution in [2.24, 2.45) is 0 Å². The number of anilines is 1. The van der Waals surface area contributed by atoms with Crippen molar-refractivity contribution in [3.8, 4) is 0 Å². The number of nitrogens with zero attached hydrogens (tertiary/aromatic N) is 1. The molecule has 0 spiro atoms. The highest BCUT2D eigenvalue weighted by molar-refractivity contribution is 6.33. The molecular weight excluding hydrogens is 278 g/mol. The van der Waals surface area contributed by atoms with Crippen LogP contribution in [0.2, 0.25) is 5.02 Å². The van der Waals surface area contributed by atoms with Gasteiger partial charge in [0.15, 0.2) is 0 Å². The zero-order valence-corrected chi connectivity index (χ0v) is 12.2. The van der Waals surface area contributed by atoms with Gasteiger partial charge in [0, 0.05) is 25.2 Å². The first-order chi connectivity index (χ1) is 9.66. The quantitative estimate of drug-likeness (QED) is 0.636. The van der Waals surface area contributed by atoms with E-state index in [1.165, 1.54) is 0 Å². The summed E-state index contributed by atoms with van der Waals surface area (Å²) in [6, 6.07) is 4.91. The van der Waals surface area contributed by atoms with Crippen LogP contribution in [0.3, 0.4) is 0 Å². The maximum absolute atomic E-state index is 11.9. The van der Waals surface area contributed by atoms with Crippen molar-refractivity contribution >= 4 is 23.2 Å². The van der Waals surface area contributed by atoms with Gasteiger partial charge in [-0.25, -0.2) is 0 Å². The second-order valence-electron chi connectivity index (χ2n) is 4.80. The molecule has 2 rings (SSSR count). The van der Waals surface area contributed by atoms with Gasteiger partial charge in [-0.2, -0.15) is 0 Å². The number of nitrogens with two attached hydrogens (primary N) is 1. The van der Waals surface area contributed by atoms with Gasteiger partial charge >= 0.3 is 0 Å². The largest absolute Gasteiger partial charge is 0.398 e. The summed E-state index contributed by atoms with van der Waals surface area (Å²) in [4.78, 5) is 14.3. The number of morpholine rings is 1. The van der Waals surface area contributed by atoms with Crippen LogP contribution in [-0.2, 0) is 4.74 Å². The second-order valence-corrected chi connectivity index (χ2v) is 5.21. The maximum atomic E-state index is 11.9. The molecule has 0 aromatic heterocycles. The van der Waals surface area contributed by atoms with Crippen molar-refractivity contribution in [2.45, 2.75) is 6.42 Å². The molecule has 0 saturated carbocycles. The van der Waals surface area contributed by atoms with E-state index in [2.05, 4.69) is 10.2 Å². The third-order valence-electron chi connectivity index (χ3n) is 3.30. The lowest BCUT2D eigenvalue weighted by molar-refractivity contribution is 0.0374. The van der Waals surface area contributed by atoms with Gasteiger partial charge in [-0.05, 0) is 31.2 Å². The van der Waals surface area contributed by atoms with Crippen LogP contribution in [0.15, 0.2) is 18.2 Å². The van der Waals surface area contributed by atoms with Gasteiger partial charge in [-0.15, -0.1) is 0 Å². The molecule has 0 unspecified atom stereocenters. The van der Waals surface area contributed by atoms with Gasteiger partial charge in [0.1, 0.15) is 0 Å². The highest BCUT2D eigenvalue weighted by atomic mass is 35.5. The zero-order chi connectivity index (χ0) is 14.4. The first-order valence-electron chi connectivity index (χ1n) is 6.80. The van der Waals surface area contributed by atoms with Crippen LogP contribution in [0.25, 0.3) is 0 Å². The number of halogens is 1. The van der Waals surface area contributed by atoms with Crippen molar-refractivity contribution in [1.82, 2.24) is 10.2 Å². The molecule has 0 bridgehead atoms. The van der Waals surface area contributed by atoms with E-state index < -0.39 is 0 Å². The fourth-order valence-electron chi connectivity index (χ4n) is 2.12. The highest BCUT2D eigenvalue weighted by Gasteiger charge is 2.10. The Morgan fingerprint density at radius 1 is 1.40 bits per heavy atom. The van der Waals surface area contributed by atoms with Crippen LogP contribution >= 0.6 is 11.6 Å². The Morgan fingerprint density at radius 2 is 2.15 bits per heavy atom. The van der Waals surface area contributed by atoms with Gasteiger partial charge < -0.3 is 15.8 Å². The van der Waals surface area contributed by atoms with Crippen LogP contribution in [0, 0.1) is 0 Å². The summed E-state index contributed by atoms with van der Waals surface area (Å²) in [7, 11) is 0. The summed E-state index contributed by atoms with van der Waals surface area (Å²) in [5.41, 5.74) is 6.64. The third-order valence-corrected chi connectivity index (χ3v) is 3.64. The molecule has 1 aromatic carbocycles. The lowest BCUT2D eigenvalue weighted by atomic mass is 10.2. The Balaban J connectivity index is 1.70. The molecule has 0 atom stereocenters.